The van der Waals surface area contributed by atoms with Crippen molar-refractivity contribution in [3.05, 3.63) is 0 Å². The van der Waals surface area contributed by atoms with Crippen LogP contribution in [0, 0.1) is 0 Å². The van der Waals surface area contributed by atoms with Gasteiger partial charge < -0.3 is 20.1 Å². The monoisotopic (exact) mass is 356 g/mol. The van der Waals surface area contributed by atoms with E-state index in [4.69, 9.17) is 14.5 Å². The molecular weight excluding hydrogens is 316 g/mol. The van der Waals surface area contributed by atoms with Crippen molar-refractivity contribution in [2.75, 3.05) is 39.5 Å². The van der Waals surface area contributed by atoms with E-state index in [-0.39, 0.29) is 12.1 Å². The number of ether oxygens (including phenoxy) is 2. The molecule has 2 atom stereocenters. The molecule has 1 rings (SSSR count). The molecule has 25 heavy (non-hydrogen) atoms. The molecule has 0 aliphatic carbocycles. The Kier molecular flexibility index (Phi) is 11.1. The fourth-order valence-corrected chi connectivity index (χ4v) is 3.08. The second-order valence-corrected chi connectivity index (χ2v) is 7.40. The van der Waals surface area contributed by atoms with Gasteiger partial charge in [-0.15, -0.1) is 0 Å². The number of nitrogens with zero attached hydrogens (tertiary/aromatic N) is 2. The van der Waals surface area contributed by atoms with Gasteiger partial charge in [0, 0.05) is 44.4 Å². The summed E-state index contributed by atoms with van der Waals surface area (Å²) in [6.45, 7) is 18.2. The van der Waals surface area contributed by atoms with E-state index in [1.54, 1.807) is 0 Å². The lowest BCUT2D eigenvalue weighted by Gasteiger charge is -2.30. The molecule has 148 valence electrons. The van der Waals surface area contributed by atoms with Crippen LogP contribution < -0.4 is 10.6 Å². The van der Waals surface area contributed by atoms with Gasteiger partial charge in [-0.25, -0.2) is 0 Å². The first-order valence-corrected chi connectivity index (χ1v) is 9.94. The fourth-order valence-electron chi connectivity index (χ4n) is 3.08. The lowest BCUT2D eigenvalue weighted by atomic mass is 10.2. The molecule has 2 N–H and O–H groups in total. The summed E-state index contributed by atoms with van der Waals surface area (Å²) < 4.78 is 11.2. The maximum atomic E-state index is 5.88. The van der Waals surface area contributed by atoms with E-state index in [2.05, 4.69) is 57.1 Å². The lowest BCUT2D eigenvalue weighted by molar-refractivity contribution is 0.0347. The number of hydrogen-bond donors (Lipinski definition) is 2. The molecule has 0 amide bonds. The number of rotatable bonds is 11. The highest BCUT2D eigenvalue weighted by molar-refractivity contribution is 5.80. The van der Waals surface area contributed by atoms with Gasteiger partial charge >= 0.3 is 0 Å². The maximum absolute atomic E-state index is 5.88. The molecule has 0 aromatic heterocycles. The fraction of sp³-hybridized carbons (Fsp3) is 0.947. The van der Waals surface area contributed by atoms with Gasteiger partial charge in [-0.1, -0.05) is 0 Å². The Morgan fingerprint density at radius 1 is 1.24 bits per heavy atom. The third-order valence-corrected chi connectivity index (χ3v) is 4.37. The van der Waals surface area contributed by atoms with E-state index in [0.717, 1.165) is 51.6 Å². The van der Waals surface area contributed by atoms with E-state index in [9.17, 15) is 0 Å². The molecule has 0 saturated carbocycles. The Labute approximate surface area is 154 Å². The van der Waals surface area contributed by atoms with Crippen LogP contribution in [0.4, 0.5) is 0 Å². The van der Waals surface area contributed by atoms with Crippen LogP contribution in [0.5, 0.6) is 0 Å². The van der Waals surface area contributed by atoms with E-state index in [1.165, 1.54) is 0 Å². The van der Waals surface area contributed by atoms with Gasteiger partial charge in [0.15, 0.2) is 5.96 Å². The first kappa shape index (κ1) is 22.2. The summed E-state index contributed by atoms with van der Waals surface area (Å²) in [5.74, 6) is 0.877. The van der Waals surface area contributed by atoms with Crippen molar-refractivity contribution in [1.29, 1.82) is 0 Å². The van der Waals surface area contributed by atoms with Crippen LogP contribution in [0.25, 0.3) is 0 Å². The number of guanidine groups is 1. The molecule has 0 aromatic rings. The summed E-state index contributed by atoms with van der Waals surface area (Å²) in [5, 5.41) is 6.76. The van der Waals surface area contributed by atoms with Gasteiger partial charge in [0.1, 0.15) is 0 Å². The van der Waals surface area contributed by atoms with Gasteiger partial charge in [0.2, 0.25) is 0 Å². The van der Waals surface area contributed by atoms with Crippen molar-refractivity contribution in [2.24, 2.45) is 4.99 Å². The third kappa shape index (κ3) is 9.42. The Hall–Kier alpha value is -0.850. The van der Waals surface area contributed by atoms with E-state index in [0.29, 0.717) is 18.7 Å². The highest BCUT2D eigenvalue weighted by atomic mass is 16.5. The Morgan fingerprint density at radius 3 is 2.52 bits per heavy atom. The first-order chi connectivity index (χ1) is 11.9. The summed E-state index contributed by atoms with van der Waals surface area (Å²) >= 11 is 0. The normalized spacial score (nSPS) is 19.9. The van der Waals surface area contributed by atoms with Gasteiger partial charge in [-0.05, 0) is 54.4 Å². The molecule has 1 fully saturated rings. The van der Waals surface area contributed by atoms with Crippen molar-refractivity contribution in [3.8, 4) is 0 Å². The number of hydrogen-bond acceptors (Lipinski definition) is 4. The first-order valence-electron chi connectivity index (χ1n) is 9.94. The van der Waals surface area contributed by atoms with Crippen LogP contribution in [0.1, 0.15) is 54.4 Å². The second kappa shape index (κ2) is 12.5. The predicted molar refractivity (Wildman–Crippen MR) is 105 cm³/mol. The summed E-state index contributed by atoms with van der Waals surface area (Å²) in [7, 11) is 0. The minimum Gasteiger partial charge on any atom is -0.379 e. The van der Waals surface area contributed by atoms with E-state index in [1.807, 2.05) is 0 Å². The predicted octanol–water partition coefficient (Wildman–Crippen LogP) is 2.24. The molecule has 2 unspecified atom stereocenters. The molecule has 1 saturated heterocycles. The van der Waals surface area contributed by atoms with Crippen LogP contribution in [0.15, 0.2) is 4.99 Å². The van der Waals surface area contributed by atoms with Crippen LogP contribution in [-0.4, -0.2) is 74.5 Å². The van der Waals surface area contributed by atoms with Gasteiger partial charge in [0.05, 0.1) is 19.3 Å². The quantitative estimate of drug-likeness (QED) is 0.338. The SMILES string of the molecule is CCNC(=NCCCN(C(C)C)C(C)C)NC(C)COC1CCOC1. The van der Waals surface area contributed by atoms with E-state index >= 15 is 0 Å². The van der Waals surface area contributed by atoms with Gasteiger partial charge in [-0.3, -0.25) is 9.89 Å². The molecule has 0 radical (unpaired) electrons. The second-order valence-electron chi connectivity index (χ2n) is 7.40. The summed E-state index contributed by atoms with van der Waals surface area (Å²) in [6.07, 6.45) is 2.32. The zero-order valence-electron chi connectivity index (χ0n) is 17.2. The van der Waals surface area contributed by atoms with Crippen LogP contribution in [-0.2, 0) is 9.47 Å². The average molecular weight is 357 g/mol. The van der Waals surface area contributed by atoms with Crippen LogP contribution in [0.3, 0.4) is 0 Å². The Bertz CT molecular complexity index is 360. The lowest BCUT2D eigenvalue weighted by Crippen LogP contribution is -2.44. The topological polar surface area (TPSA) is 58.1 Å². The van der Waals surface area contributed by atoms with Crippen molar-refractivity contribution < 1.29 is 9.47 Å². The number of nitrogens with one attached hydrogen (secondary N) is 2. The summed E-state index contributed by atoms with van der Waals surface area (Å²) in [4.78, 5) is 7.22. The van der Waals surface area contributed by atoms with E-state index < -0.39 is 0 Å². The van der Waals surface area contributed by atoms with Gasteiger partial charge in [-0.2, -0.15) is 0 Å². The standard InChI is InChI=1S/C19H40N4O2/c1-7-20-19(21-10-8-11-23(15(2)3)16(4)5)22-17(6)13-25-18-9-12-24-14-18/h15-18H,7-14H2,1-6H3,(H2,20,21,22). The molecular formula is C19H40N4O2. The minimum atomic E-state index is 0.223. The van der Waals surface area contributed by atoms with Crippen molar-refractivity contribution in [3.63, 3.8) is 0 Å². The Balaban J connectivity index is 2.33. The molecule has 1 aliphatic heterocycles. The Morgan fingerprint density at radius 2 is 1.96 bits per heavy atom. The zero-order valence-corrected chi connectivity index (χ0v) is 17.2. The third-order valence-electron chi connectivity index (χ3n) is 4.37. The molecule has 6 nitrogen and oxygen atoms in total. The smallest absolute Gasteiger partial charge is 0.191 e. The highest BCUT2D eigenvalue weighted by Gasteiger charge is 2.17. The van der Waals surface area contributed by atoms with Crippen molar-refractivity contribution in [1.82, 2.24) is 15.5 Å². The summed E-state index contributed by atoms with van der Waals surface area (Å²) in [6, 6.07) is 1.38. The highest BCUT2D eigenvalue weighted by Crippen LogP contribution is 2.08. The maximum Gasteiger partial charge on any atom is 0.191 e. The minimum absolute atomic E-state index is 0.223. The molecule has 0 aromatic carbocycles. The van der Waals surface area contributed by atoms with Crippen molar-refractivity contribution in [2.45, 2.75) is 78.6 Å². The number of aliphatic imine (C=N–C) groups is 1. The van der Waals surface area contributed by atoms with Crippen LogP contribution >= 0.6 is 0 Å². The molecule has 6 heteroatoms. The molecule has 0 spiro atoms. The van der Waals surface area contributed by atoms with Crippen molar-refractivity contribution >= 4 is 5.96 Å². The average Bonchev–Trinajstić information content (AvgIpc) is 3.05. The van der Waals surface area contributed by atoms with Gasteiger partial charge in [0.25, 0.3) is 0 Å². The zero-order chi connectivity index (χ0) is 18.7. The largest absolute Gasteiger partial charge is 0.379 e. The molecule has 1 heterocycles. The molecule has 1 aliphatic rings. The van der Waals surface area contributed by atoms with Crippen LogP contribution in [0.2, 0.25) is 0 Å². The summed E-state index contributed by atoms with van der Waals surface area (Å²) in [5.41, 5.74) is 0. The molecule has 0 bridgehead atoms.